The number of nitrogens with zero attached hydrogens (tertiary/aromatic N) is 5. The van der Waals surface area contributed by atoms with Crippen LogP contribution in [0.15, 0.2) is 46.7 Å². The van der Waals surface area contributed by atoms with Gasteiger partial charge in [-0.2, -0.15) is 41.9 Å². The number of hydrogen-bond acceptors (Lipinski definition) is 5. The Kier molecular flexibility index (Phi) is 7.05. The van der Waals surface area contributed by atoms with Gasteiger partial charge in [-0.25, -0.2) is 4.79 Å². The second-order valence-corrected chi connectivity index (χ2v) is 6.02. The summed E-state index contributed by atoms with van der Waals surface area (Å²) in [5.74, 6) is 0. The van der Waals surface area contributed by atoms with Crippen LogP contribution in [0.25, 0.3) is 0 Å². The van der Waals surface area contributed by atoms with Gasteiger partial charge in [0.25, 0.3) is 0 Å². The van der Waals surface area contributed by atoms with E-state index >= 15 is 0 Å². The summed E-state index contributed by atoms with van der Waals surface area (Å²) >= 11 is 0. The highest BCUT2D eigenvalue weighted by molar-refractivity contribution is 5.92. The molecule has 7 nitrogen and oxygen atoms in total. The number of carbonyl (C=O) groups is 1. The van der Waals surface area contributed by atoms with E-state index in [9.17, 15) is 36.4 Å². The normalized spacial score (nSPS) is 11.7. The van der Waals surface area contributed by atoms with Gasteiger partial charge in [-0.1, -0.05) is 5.22 Å². The second-order valence-electron chi connectivity index (χ2n) is 6.02. The Morgan fingerprint density at radius 3 is 2.00 bits per heavy atom. The molecule has 2 rings (SSSR count). The van der Waals surface area contributed by atoms with Gasteiger partial charge >= 0.3 is 18.4 Å². The lowest BCUT2D eigenvalue weighted by Crippen LogP contribution is -2.36. The molecule has 0 heterocycles. The number of rotatable bonds is 4. The van der Waals surface area contributed by atoms with Crippen molar-refractivity contribution >= 4 is 17.4 Å². The molecule has 0 aliphatic heterocycles. The maximum absolute atomic E-state index is 13.1. The maximum atomic E-state index is 13.1. The minimum Gasteiger partial charge on any atom is -0.336 e. The Morgan fingerprint density at radius 1 is 0.969 bits per heavy atom. The van der Waals surface area contributed by atoms with Crippen molar-refractivity contribution in [2.24, 2.45) is 10.3 Å². The SMILES string of the molecule is CCNC(=O)N(/N=N/c1cc(C(F)(F)F)ccc1C#N)c1cc(C(F)(F)F)ccc1C#N. The van der Waals surface area contributed by atoms with E-state index in [1.54, 1.807) is 12.1 Å². The smallest absolute Gasteiger partial charge is 0.336 e. The summed E-state index contributed by atoms with van der Waals surface area (Å²) in [6, 6.07) is 5.99. The zero-order valence-electron chi connectivity index (χ0n) is 16.1. The van der Waals surface area contributed by atoms with Crippen LogP contribution < -0.4 is 10.3 Å². The first-order chi connectivity index (χ1) is 14.9. The predicted molar refractivity (Wildman–Crippen MR) is 98.4 cm³/mol. The Hall–Kier alpha value is -4.13. The van der Waals surface area contributed by atoms with E-state index in [0.29, 0.717) is 29.3 Å². The fourth-order valence-corrected chi connectivity index (χ4v) is 2.38. The average Bonchev–Trinajstić information content (AvgIpc) is 2.72. The van der Waals surface area contributed by atoms with Crippen LogP contribution in [0.1, 0.15) is 29.2 Å². The molecule has 0 bridgehead atoms. The lowest BCUT2D eigenvalue weighted by molar-refractivity contribution is -0.138. The highest BCUT2D eigenvalue weighted by Gasteiger charge is 2.33. The second kappa shape index (κ2) is 9.34. The fraction of sp³-hybridized carbons (Fsp3) is 0.211. The van der Waals surface area contributed by atoms with Gasteiger partial charge in [0.2, 0.25) is 0 Å². The van der Waals surface area contributed by atoms with Crippen LogP contribution in [0.5, 0.6) is 0 Å². The molecule has 0 spiro atoms. The molecule has 0 aliphatic carbocycles. The van der Waals surface area contributed by atoms with Crippen LogP contribution >= 0.6 is 0 Å². The lowest BCUT2D eigenvalue weighted by atomic mass is 10.1. The number of halogens is 6. The Bertz CT molecular complexity index is 1130. The van der Waals surface area contributed by atoms with Crippen molar-refractivity contribution in [2.75, 3.05) is 11.6 Å². The van der Waals surface area contributed by atoms with E-state index in [2.05, 4.69) is 15.7 Å². The number of amides is 2. The first kappa shape index (κ1) is 24.1. The topological polar surface area (TPSA) is 105 Å². The number of carbonyl (C=O) groups excluding carboxylic acids is 1. The molecule has 0 unspecified atom stereocenters. The molecule has 0 saturated heterocycles. The van der Waals surface area contributed by atoms with Crippen LogP contribution in [0.4, 0.5) is 42.5 Å². The van der Waals surface area contributed by atoms with Crippen molar-refractivity contribution in [2.45, 2.75) is 19.3 Å². The van der Waals surface area contributed by atoms with E-state index in [4.69, 9.17) is 5.26 Å². The number of nitrogens with one attached hydrogen (secondary N) is 1. The Labute approximate surface area is 177 Å². The number of urea groups is 1. The first-order valence-electron chi connectivity index (χ1n) is 8.64. The third-order valence-electron chi connectivity index (χ3n) is 3.88. The van der Waals surface area contributed by atoms with E-state index in [-0.39, 0.29) is 17.7 Å². The molecule has 0 atom stereocenters. The zero-order chi connectivity index (χ0) is 24.1. The molecule has 13 heteroatoms. The molecule has 1 N–H and O–H groups in total. The molecule has 166 valence electrons. The standard InChI is InChI=1S/C19H12F6N6O/c1-2-28-17(32)31(16-8-14(19(23,24)25)6-4-12(16)10-27)30-29-15-7-13(18(20,21)22)5-3-11(15)9-26/h3-8H,2H2,1H3,(H,28,32)/b30-29+. The monoisotopic (exact) mass is 454 g/mol. The number of benzene rings is 2. The van der Waals surface area contributed by atoms with Crippen molar-refractivity contribution in [3.63, 3.8) is 0 Å². The fourth-order valence-electron chi connectivity index (χ4n) is 2.38. The number of alkyl halides is 6. The van der Waals surface area contributed by atoms with Crippen molar-refractivity contribution in [3.05, 3.63) is 58.7 Å². The molecule has 0 aromatic heterocycles. The summed E-state index contributed by atoms with van der Waals surface area (Å²) in [6.45, 7) is 1.50. The predicted octanol–water partition coefficient (Wildman–Crippen LogP) is 5.70. The van der Waals surface area contributed by atoms with Crippen LogP contribution in [0.3, 0.4) is 0 Å². The quantitative estimate of drug-likeness (QED) is 0.364. The van der Waals surface area contributed by atoms with Gasteiger partial charge in [0.15, 0.2) is 0 Å². The highest BCUT2D eigenvalue weighted by atomic mass is 19.4. The molecular weight excluding hydrogens is 442 g/mol. The molecule has 2 aromatic carbocycles. The molecule has 0 fully saturated rings. The zero-order valence-corrected chi connectivity index (χ0v) is 16.1. The van der Waals surface area contributed by atoms with Gasteiger partial charge in [0, 0.05) is 6.54 Å². The number of anilines is 1. The highest BCUT2D eigenvalue weighted by Crippen LogP contribution is 2.35. The molecule has 0 radical (unpaired) electrons. The van der Waals surface area contributed by atoms with E-state index in [1.165, 1.54) is 6.92 Å². The van der Waals surface area contributed by atoms with Crippen LogP contribution in [-0.2, 0) is 12.4 Å². The van der Waals surface area contributed by atoms with Gasteiger partial charge < -0.3 is 5.32 Å². The molecule has 0 saturated carbocycles. The lowest BCUT2D eigenvalue weighted by Gasteiger charge is -2.19. The molecule has 2 amide bonds. The number of hydrogen-bond donors (Lipinski definition) is 1. The van der Waals surface area contributed by atoms with Crippen molar-refractivity contribution in [1.82, 2.24) is 5.32 Å². The Morgan fingerprint density at radius 2 is 1.50 bits per heavy atom. The van der Waals surface area contributed by atoms with Crippen molar-refractivity contribution < 1.29 is 31.1 Å². The van der Waals surface area contributed by atoms with Gasteiger partial charge in [-0.3, -0.25) is 0 Å². The third-order valence-corrected chi connectivity index (χ3v) is 3.88. The van der Waals surface area contributed by atoms with Crippen LogP contribution in [0.2, 0.25) is 0 Å². The average molecular weight is 454 g/mol. The van der Waals surface area contributed by atoms with Gasteiger partial charge in [0.05, 0.1) is 27.9 Å². The van der Waals surface area contributed by atoms with Gasteiger partial charge in [0.1, 0.15) is 17.8 Å². The minimum absolute atomic E-state index is 0.0126. The summed E-state index contributed by atoms with van der Waals surface area (Å²) in [4.78, 5) is 12.4. The molecule has 0 aliphatic rings. The summed E-state index contributed by atoms with van der Waals surface area (Å²) < 4.78 is 78.3. The molecule has 32 heavy (non-hydrogen) atoms. The summed E-state index contributed by atoms with van der Waals surface area (Å²) in [5, 5.41) is 27.8. The van der Waals surface area contributed by atoms with Crippen LogP contribution in [0, 0.1) is 22.7 Å². The molecule has 2 aromatic rings. The van der Waals surface area contributed by atoms with Gasteiger partial charge in [-0.05, 0) is 43.3 Å². The van der Waals surface area contributed by atoms with E-state index in [1.807, 2.05) is 0 Å². The van der Waals surface area contributed by atoms with Crippen LogP contribution in [-0.4, -0.2) is 12.6 Å². The van der Waals surface area contributed by atoms with Gasteiger partial charge in [-0.15, -0.1) is 5.11 Å². The first-order valence-corrected chi connectivity index (χ1v) is 8.64. The van der Waals surface area contributed by atoms with E-state index < -0.39 is 40.9 Å². The number of nitriles is 2. The maximum Gasteiger partial charge on any atom is 0.416 e. The van der Waals surface area contributed by atoms with E-state index in [0.717, 1.165) is 12.1 Å². The van der Waals surface area contributed by atoms with Crippen molar-refractivity contribution in [1.29, 1.82) is 10.5 Å². The largest absolute Gasteiger partial charge is 0.416 e. The Balaban J connectivity index is 2.65. The summed E-state index contributed by atoms with van der Waals surface area (Å²) in [6.07, 6.45) is -9.59. The summed E-state index contributed by atoms with van der Waals surface area (Å²) in [7, 11) is 0. The summed E-state index contributed by atoms with van der Waals surface area (Å²) in [5.41, 5.74) is -4.26. The molecular formula is C19H12F6N6O. The minimum atomic E-state index is -4.82. The van der Waals surface area contributed by atoms with Crippen molar-refractivity contribution in [3.8, 4) is 12.1 Å². The third kappa shape index (κ3) is 5.51.